The molecule has 0 bridgehead atoms. The van der Waals surface area contributed by atoms with Crippen LogP contribution in [0.5, 0.6) is 0 Å². The Hall–Kier alpha value is -1.10. The fraction of sp³-hybridized carbons (Fsp3) is 0.500. The van der Waals surface area contributed by atoms with Crippen LogP contribution in [0.25, 0.3) is 0 Å². The quantitative estimate of drug-likeness (QED) is 0.619. The molecule has 0 amide bonds. The molecule has 2 rings (SSSR count). The van der Waals surface area contributed by atoms with E-state index in [1.807, 2.05) is 4.90 Å². The van der Waals surface area contributed by atoms with Gasteiger partial charge in [0.2, 0.25) is 0 Å². The Morgan fingerprint density at radius 3 is 2.06 bits per heavy atom. The summed E-state index contributed by atoms with van der Waals surface area (Å²) in [4.78, 5) is 1.81. The molecule has 1 aromatic carbocycles. The molecular weight excluding hydrogens is 238 g/mol. The first-order chi connectivity index (χ1) is 7.89. The molecule has 0 unspecified atom stereocenters. The van der Waals surface area contributed by atoms with Gasteiger partial charge in [-0.1, -0.05) is 0 Å². The fourth-order valence-electron chi connectivity index (χ4n) is 2.38. The Balaban J connectivity index is 2.24. The van der Waals surface area contributed by atoms with Crippen molar-refractivity contribution < 1.29 is 8.78 Å². The first kappa shape index (κ1) is 12.4. The van der Waals surface area contributed by atoms with Crippen molar-refractivity contribution in [2.45, 2.75) is 25.2 Å². The van der Waals surface area contributed by atoms with Gasteiger partial charge in [-0.3, -0.25) is 0 Å². The van der Waals surface area contributed by atoms with Gasteiger partial charge in [-0.05, 0) is 0 Å². The summed E-state index contributed by atoms with van der Waals surface area (Å²) in [7, 11) is -1.40. The van der Waals surface area contributed by atoms with Crippen LogP contribution in [0.2, 0.25) is 25.2 Å². The molecule has 1 heterocycles. The molecule has 1 aliphatic rings. The van der Waals surface area contributed by atoms with Crippen LogP contribution in [0.3, 0.4) is 0 Å². The molecule has 2 N–H and O–H groups in total. The van der Waals surface area contributed by atoms with Crippen LogP contribution in [0, 0.1) is 11.6 Å². The summed E-state index contributed by atoms with van der Waals surface area (Å²) in [6.45, 7) is 6.21. The molecule has 0 radical (unpaired) electrons. The number of halogens is 2. The minimum atomic E-state index is -1.40. The van der Waals surface area contributed by atoms with E-state index in [1.54, 1.807) is 0 Å². The van der Waals surface area contributed by atoms with E-state index in [0.717, 1.165) is 25.2 Å². The van der Waals surface area contributed by atoms with Gasteiger partial charge in [0.05, 0.1) is 0 Å². The predicted octanol–water partition coefficient (Wildman–Crippen LogP) is 2.81. The zero-order chi connectivity index (χ0) is 12.6. The van der Waals surface area contributed by atoms with E-state index in [-0.39, 0.29) is 11.4 Å². The topological polar surface area (TPSA) is 29.3 Å². The Kier molecular flexibility index (Phi) is 3.12. The van der Waals surface area contributed by atoms with Gasteiger partial charge in [0.15, 0.2) is 0 Å². The van der Waals surface area contributed by atoms with Crippen molar-refractivity contribution in [3.63, 3.8) is 0 Å². The summed E-state index contributed by atoms with van der Waals surface area (Å²) in [5.74, 6) is -1.10. The molecule has 0 aliphatic carbocycles. The molecule has 96 valence electrons. The Morgan fingerprint density at radius 2 is 1.59 bits per heavy atom. The van der Waals surface area contributed by atoms with Crippen molar-refractivity contribution >= 4 is 19.4 Å². The summed E-state index contributed by atoms with van der Waals surface area (Å²) < 4.78 is 27.5. The van der Waals surface area contributed by atoms with Gasteiger partial charge >= 0.3 is 101 Å². The molecule has 2 nitrogen and oxygen atoms in total. The maximum atomic E-state index is 13.7. The Labute approximate surface area is 101 Å². The number of nitrogens with zero attached hydrogens (tertiary/aromatic N) is 1. The summed E-state index contributed by atoms with van der Waals surface area (Å²) in [5.41, 5.74) is 5.64. The van der Waals surface area contributed by atoms with Crippen molar-refractivity contribution in [1.82, 2.24) is 0 Å². The first-order valence-corrected chi connectivity index (χ1v) is 10.1. The van der Waals surface area contributed by atoms with E-state index in [0.29, 0.717) is 0 Å². The number of anilines is 2. The third-order valence-electron chi connectivity index (χ3n) is 3.72. The molecule has 17 heavy (non-hydrogen) atoms. The number of hydrogen-bond acceptors (Lipinski definition) is 2. The summed E-state index contributed by atoms with van der Waals surface area (Å²) in [6, 6.07) is 4.60. The number of benzene rings is 1. The van der Waals surface area contributed by atoms with E-state index in [2.05, 4.69) is 13.1 Å². The predicted molar refractivity (Wildman–Crippen MR) is 71.5 cm³/mol. The standard InChI is InChI=1S/C12H19F2N2Si/c1-17(2)5-3-16(4-6-17)12-10(13)7-9(15)8-11(12)14/h7-8,17H,3-6,15H2,1-2H3/q-1. The van der Waals surface area contributed by atoms with Crippen LogP contribution in [0.1, 0.15) is 0 Å². The van der Waals surface area contributed by atoms with Crippen molar-refractivity contribution in [1.29, 1.82) is 0 Å². The first-order valence-electron chi connectivity index (χ1n) is 6.15. The summed E-state index contributed by atoms with van der Waals surface area (Å²) >= 11 is 0. The third kappa shape index (κ3) is 2.60. The molecule has 0 spiro atoms. The van der Waals surface area contributed by atoms with Gasteiger partial charge in [-0.25, -0.2) is 0 Å². The number of nitrogens with two attached hydrogens (primary N) is 1. The number of hydrogen-bond donors (Lipinski definition) is 1. The van der Waals surface area contributed by atoms with Crippen molar-refractivity contribution in [3.05, 3.63) is 23.8 Å². The zero-order valence-corrected chi connectivity index (χ0v) is 11.5. The molecule has 5 heteroatoms. The minimum absolute atomic E-state index is 0.0912. The number of nitrogen functional groups attached to an aromatic ring is 1. The van der Waals surface area contributed by atoms with Gasteiger partial charge < -0.3 is 0 Å². The van der Waals surface area contributed by atoms with Crippen LogP contribution in [-0.4, -0.2) is 21.2 Å². The second-order valence-corrected chi connectivity index (χ2v) is 12.0. The van der Waals surface area contributed by atoms with Gasteiger partial charge in [0.1, 0.15) is 0 Å². The zero-order valence-electron chi connectivity index (χ0n) is 10.3. The van der Waals surface area contributed by atoms with Crippen molar-refractivity contribution in [3.8, 4) is 0 Å². The maximum absolute atomic E-state index is 13.7. The van der Waals surface area contributed by atoms with E-state index in [4.69, 9.17) is 5.73 Å². The molecule has 1 aliphatic heterocycles. The fourth-order valence-corrected chi connectivity index (χ4v) is 4.69. The Morgan fingerprint density at radius 1 is 1.12 bits per heavy atom. The average Bonchev–Trinajstić information content (AvgIpc) is 2.19. The molecule has 0 aromatic heterocycles. The van der Waals surface area contributed by atoms with Crippen LogP contribution in [-0.2, 0) is 0 Å². The van der Waals surface area contributed by atoms with E-state index < -0.39 is 19.7 Å². The monoisotopic (exact) mass is 257 g/mol. The van der Waals surface area contributed by atoms with Crippen LogP contribution < -0.4 is 10.6 Å². The van der Waals surface area contributed by atoms with E-state index in [9.17, 15) is 8.78 Å². The van der Waals surface area contributed by atoms with Gasteiger partial charge in [-0.2, -0.15) is 0 Å². The van der Waals surface area contributed by atoms with Crippen molar-refractivity contribution in [2.24, 2.45) is 0 Å². The molecule has 1 fully saturated rings. The second kappa shape index (κ2) is 4.29. The average molecular weight is 257 g/mol. The van der Waals surface area contributed by atoms with E-state index in [1.165, 1.54) is 12.1 Å². The number of rotatable bonds is 1. The summed E-state index contributed by atoms with van der Waals surface area (Å²) in [6.07, 6.45) is 0. The molecule has 0 saturated carbocycles. The van der Waals surface area contributed by atoms with Crippen LogP contribution >= 0.6 is 0 Å². The second-order valence-electron chi connectivity index (χ2n) is 5.90. The molecule has 0 atom stereocenters. The van der Waals surface area contributed by atoms with Crippen LogP contribution in [0.15, 0.2) is 12.1 Å². The van der Waals surface area contributed by atoms with Gasteiger partial charge in [0, 0.05) is 0 Å². The van der Waals surface area contributed by atoms with Gasteiger partial charge in [0.25, 0.3) is 0 Å². The normalized spacial score (nSPS) is 21.3. The van der Waals surface area contributed by atoms with Gasteiger partial charge in [-0.15, -0.1) is 0 Å². The Bertz CT molecular complexity index is 402. The van der Waals surface area contributed by atoms with E-state index >= 15 is 0 Å². The molecule has 1 saturated heterocycles. The summed E-state index contributed by atoms with van der Waals surface area (Å²) in [5, 5.41) is 0. The SMILES string of the molecule is C[SiH-]1(C)CCN(c2c(F)cc(N)cc2F)CC1. The molecular formula is C12H19F2N2Si-. The van der Waals surface area contributed by atoms with Crippen molar-refractivity contribution in [2.75, 3.05) is 23.7 Å². The van der Waals surface area contributed by atoms with Crippen LogP contribution in [0.4, 0.5) is 20.2 Å². The molecule has 1 aromatic rings. The third-order valence-corrected chi connectivity index (χ3v) is 7.36.